The van der Waals surface area contributed by atoms with E-state index < -0.39 is 0 Å². The van der Waals surface area contributed by atoms with Crippen LogP contribution in [0.2, 0.25) is 0 Å². The predicted octanol–water partition coefficient (Wildman–Crippen LogP) is 0.401. The molecule has 1 unspecified atom stereocenters. The molecule has 1 saturated heterocycles. The van der Waals surface area contributed by atoms with E-state index in [-0.39, 0.29) is 17.7 Å². The highest BCUT2D eigenvalue weighted by Gasteiger charge is 2.29. The number of anilines is 1. The molecule has 0 radical (unpaired) electrons. The maximum absolute atomic E-state index is 12.0. The van der Waals surface area contributed by atoms with Crippen LogP contribution in [-0.2, 0) is 0 Å². The smallest absolute Gasteiger partial charge is 0.291 e. The van der Waals surface area contributed by atoms with Crippen molar-refractivity contribution >= 4 is 11.9 Å². The van der Waals surface area contributed by atoms with Crippen molar-refractivity contribution in [3.8, 4) is 0 Å². The fourth-order valence-electron chi connectivity index (χ4n) is 2.03. The average molecular weight is 209 g/mol. The van der Waals surface area contributed by atoms with Gasteiger partial charge in [-0.15, -0.1) is 5.10 Å². The molecule has 1 amide bonds. The third-order valence-corrected chi connectivity index (χ3v) is 2.81. The summed E-state index contributed by atoms with van der Waals surface area (Å²) in [5, 5.41) is 6.20. The van der Waals surface area contributed by atoms with Crippen LogP contribution in [0.3, 0.4) is 0 Å². The van der Waals surface area contributed by atoms with E-state index in [1.807, 2.05) is 4.90 Å². The number of hydrogen-bond donors (Lipinski definition) is 2. The molecule has 0 spiro atoms. The summed E-state index contributed by atoms with van der Waals surface area (Å²) in [6.45, 7) is 2.89. The molecule has 0 aliphatic carbocycles. The van der Waals surface area contributed by atoms with E-state index in [2.05, 4.69) is 22.1 Å². The van der Waals surface area contributed by atoms with Gasteiger partial charge in [0.05, 0.1) is 0 Å². The first-order chi connectivity index (χ1) is 7.22. The largest absolute Gasteiger partial charge is 0.366 e. The molecular formula is C9H15N5O. The van der Waals surface area contributed by atoms with E-state index >= 15 is 0 Å². The van der Waals surface area contributed by atoms with Crippen molar-refractivity contribution in [1.82, 2.24) is 20.1 Å². The minimum Gasteiger partial charge on any atom is -0.366 e. The van der Waals surface area contributed by atoms with Gasteiger partial charge in [-0.1, -0.05) is 6.92 Å². The number of aromatic nitrogens is 3. The summed E-state index contributed by atoms with van der Waals surface area (Å²) in [4.78, 5) is 17.7. The molecule has 6 nitrogen and oxygen atoms in total. The lowest BCUT2D eigenvalue weighted by Gasteiger charge is -2.22. The lowest BCUT2D eigenvalue weighted by atomic mass is 10.2. The van der Waals surface area contributed by atoms with Crippen molar-refractivity contribution < 1.29 is 4.79 Å². The third kappa shape index (κ3) is 1.79. The summed E-state index contributed by atoms with van der Waals surface area (Å²) in [6.07, 6.45) is 3.12. The van der Waals surface area contributed by atoms with E-state index in [0.29, 0.717) is 6.04 Å². The van der Waals surface area contributed by atoms with Crippen LogP contribution in [0, 0.1) is 0 Å². The van der Waals surface area contributed by atoms with Gasteiger partial charge >= 0.3 is 0 Å². The molecule has 1 aliphatic heterocycles. The van der Waals surface area contributed by atoms with Gasteiger partial charge < -0.3 is 10.6 Å². The first kappa shape index (κ1) is 9.95. The number of likely N-dealkylation sites (tertiary alicyclic amines) is 1. The first-order valence-electron chi connectivity index (χ1n) is 5.21. The Morgan fingerprint density at radius 1 is 1.73 bits per heavy atom. The molecule has 0 saturated carbocycles. The first-order valence-corrected chi connectivity index (χ1v) is 5.21. The second-order valence-corrected chi connectivity index (χ2v) is 3.75. The van der Waals surface area contributed by atoms with Crippen LogP contribution >= 0.6 is 0 Å². The number of carbonyl (C=O) groups is 1. The van der Waals surface area contributed by atoms with Crippen molar-refractivity contribution in [3.63, 3.8) is 0 Å². The lowest BCUT2D eigenvalue weighted by molar-refractivity contribution is 0.0722. The fraction of sp³-hybridized carbons (Fsp3) is 0.667. The van der Waals surface area contributed by atoms with Crippen LogP contribution in [0.15, 0.2) is 0 Å². The lowest BCUT2D eigenvalue weighted by Crippen LogP contribution is -2.35. The van der Waals surface area contributed by atoms with Gasteiger partial charge in [-0.3, -0.25) is 9.89 Å². The predicted molar refractivity (Wildman–Crippen MR) is 55.1 cm³/mol. The van der Waals surface area contributed by atoms with Crippen LogP contribution < -0.4 is 5.73 Å². The number of carbonyl (C=O) groups excluding carboxylic acids is 1. The van der Waals surface area contributed by atoms with Crippen LogP contribution in [-0.4, -0.2) is 38.6 Å². The summed E-state index contributed by atoms with van der Waals surface area (Å²) in [5.74, 6) is 0.266. The number of nitrogens with two attached hydrogens (primary N) is 1. The molecule has 1 aromatic rings. The van der Waals surface area contributed by atoms with Gasteiger partial charge in [0.2, 0.25) is 11.8 Å². The zero-order valence-electron chi connectivity index (χ0n) is 8.73. The topological polar surface area (TPSA) is 87.9 Å². The van der Waals surface area contributed by atoms with Crippen LogP contribution in [0.1, 0.15) is 36.8 Å². The van der Waals surface area contributed by atoms with Gasteiger partial charge in [0.25, 0.3) is 5.91 Å². The quantitative estimate of drug-likeness (QED) is 0.738. The molecule has 6 heteroatoms. The van der Waals surface area contributed by atoms with E-state index in [4.69, 9.17) is 5.73 Å². The number of amides is 1. The molecule has 1 aliphatic rings. The Labute approximate surface area is 87.9 Å². The second-order valence-electron chi connectivity index (χ2n) is 3.75. The number of nitrogen functional groups attached to an aromatic ring is 1. The molecule has 15 heavy (non-hydrogen) atoms. The summed E-state index contributed by atoms with van der Waals surface area (Å²) in [5.41, 5.74) is 5.36. The van der Waals surface area contributed by atoms with E-state index in [1.165, 1.54) is 0 Å². The molecule has 1 aromatic heterocycles. The normalized spacial score (nSPS) is 20.9. The number of rotatable bonds is 2. The standard InChI is InChI=1S/C9H15N5O/c1-2-6-4-3-5-14(6)8(15)7-11-9(10)13-12-7/h6H,2-5H2,1H3,(H3,10,11,12,13). The summed E-state index contributed by atoms with van der Waals surface area (Å²) < 4.78 is 0. The van der Waals surface area contributed by atoms with Gasteiger partial charge in [-0.25, -0.2) is 0 Å². The Morgan fingerprint density at radius 3 is 3.13 bits per heavy atom. The second kappa shape index (κ2) is 3.88. The van der Waals surface area contributed by atoms with Gasteiger partial charge in [-0.05, 0) is 19.3 Å². The number of H-pyrrole nitrogens is 1. The van der Waals surface area contributed by atoms with Crippen LogP contribution in [0.5, 0.6) is 0 Å². The molecule has 82 valence electrons. The molecule has 0 aromatic carbocycles. The van der Waals surface area contributed by atoms with Gasteiger partial charge in [0.1, 0.15) is 0 Å². The Kier molecular flexibility index (Phi) is 2.57. The zero-order chi connectivity index (χ0) is 10.8. The number of hydrogen-bond acceptors (Lipinski definition) is 4. The van der Waals surface area contributed by atoms with Crippen molar-refractivity contribution in [3.05, 3.63) is 5.82 Å². The van der Waals surface area contributed by atoms with E-state index in [0.717, 1.165) is 25.8 Å². The van der Waals surface area contributed by atoms with E-state index in [1.54, 1.807) is 0 Å². The number of nitrogens with zero attached hydrogens (tertiary/aromatic N) is 3. The number of aromatic amines is 1. The molecular weight excluding hydrogens is 194 g/mol. The van der Waals surface area contributed by atoms with Crippen molar-refractivity contribution in [2.24, 2.45) is 0 Å². The summed E-state index contributed by atoms with van der Waals surface area (Å²) in [6, 6.07) is 0.337. The van der Waals surface area contributed by atoms with Crippen molar-refractivity contribution in [2.45, 2.75) is 32.2 Å². The fourth-order valence-corrected chi connectivity index (χ4v) is 2.03. The molecule has 0 bridgehead atoms. The van der Waals surface area contributed by atoms with Crippen molar-refractivity contribution in [2.75, 3.05) is 12.3 Å². The van der Waals surface area contributed by atoms with Crippen LogP contribution in [0.25, 0.3) is 0 Å². The Bertz CT molecular complexity index is 361. The Balaban J connectivity index is 2.13. The van der Waals surface area contributed by atoms with Crippen LogP contribution in [0.4, 0.5) is 5.95 Å². The minimum atomic E-state index is -0.0939. The highest BCUT2D eigenvalue weighted by Crippen LogP contribution is 2.21. The zero-order valence-corrected chi connectivity index (χ0v) is 8.73. The van der Waals surface area contributed by atoms with Gasteiger partial charge in [0.15, 0.2) is 0 Å². The average Bonchev–Trinajstić information content (AvgIpc) is 2.84. The molecule has 2 heterocycles. The maximum Gasteiger partial charge on any atom is 0.291 e. The molecule has 1 atom stereocenters. The molecule has 2 rings (SSSR count). The van der Waals surface area contributed by atoms with E-state index in [9.17, 15) is 4.79 Å². The number of nitrogens with one attached hydrogen (secondary N) is 1. The summed E-state index contributed by atoms with van der Waals surface area (Å²) >= 11 is 0. The summed E-state index contributed by atoms with van der Waals surface area (Å²) in [7, 11) is 0. The highest BCUT2D eigenvalue weighted by molar-refractivity contribution is 5.91. The monoisotopic (exact) mass is 209 g/mol. The maximum atomic E-state index is 12.0. The Hall–Kier alpha value is -1.59. The molecule has 3 N–H and O–H groups in total. The minimum absolute atomic E-state index is 0.0939. The third-order valence-electron chi connectivity index (χ3n) is 2.81. The SMILES string of the molecule is CCC1CCCN1C(=O)c1nc(N)n[nH]1. The van der Waals surface area contributed by atoms with Crippen molar-refractivity contribution in [1.29, 1.82) is 0 Å². The van der Waals surface area contributed by atoms with Gasteiger partial charge in [0, 0.05) is 12.6 Å². The molecule has 1 fully saturated rings. The highest BCUT2D eigenvalue weighted by atomic mass is 16.2. The Morgan fingerprint density at radius 2 is 2.53 bits per heavy atom. The van der Waals surface area contributed by atoms with Gasteiger partial charge in [-0.2, -0.15) is 4.98 Å².